The van der Waals surface area contributed by atoms with E-state index in [-0.39, 0.29) is 11.8 Å². The molecular weight excluding hydrogens is 352 g/mol. The first-order valence-electron chi connectivity index (χ1n) is 9.72. The van der Waals surface area contributed by atoms with Gasteiger partial charge in [-0.25, -0.2) is 0 Å². The maximum absolute atomic E-state index is 13.4. The molecule has 0 radical (unpaired) electrons. The zero-order valence-corrected chi connectivity index (χ0v) is 16.0. The van der Waals surface area contributed by atoms with Gasteiger partial charge in [0.25, 0.3) is 0 Å². The number of hydrogen-bond acceptors (Lipinski definition) is 5. The zero-order chi connectivity index (χ0) is 19.3. The molecule has 6 heteroatoms. The lowest BCUT2D eigenvalue weighted by Crippen LogP contribution is -2.50. The summed E-state index contributed by atoms with van der Waals surface area (Å²) in [6.07, 6.45) is 0.723. The van der Waals surface area contributed by atoms with Gasteiger partial charge in [-0.1, -0.05) is 72.7 Å². The van der Waals surface area contributed by atoms with Gasteiger partial charge in [-0.2, -0.15) is 0 Å². The van der Waals surface area contributed by atoms with Crippen LogP contribution in [-0.4, -0.2) is 47.2 Å². The largest absolute Gasteiger partial charge is 0.408 e. The van der Waals surface area contributed by atoms with Gasteiger partial charge in [0.15, 0.2) is 0 Å². The van der Waals surface area contributed by atoms with E-state index in [1.807, 2.05) is 72.5 Å². The van der Waals surface area contributed by atoms with E-state index in [1.54, 1.807) is 0 Å². The van der Waals surface area contributed by atoms with Gasteiger partial charge in [0.2, 0.25) is 11.8 Å². The number of hydrogen-bond donors (Lipinski definition) is 0. The van der Waals surface area contributed by atoms with E-state index in [2.05, 4.69) is 15.1 Å². The number of aromatic nitrogens is 2. The molecule has 1 saturated heterocycles. The number of anilines is 1. The van der Waals surface area contributed by atoms with Gasteiger partial charge < -0.3 is 14.2 Å². The third-order valence-electron chi connectivity index (χ3n) is 5.13. The second-order valence-electron chi connectivity index (χ2n) is 6.90. The SMILES string of the molecule is CCc1nnc(N2CCN(C(=O)C(c3ccccc3)c3ccccc3)CC2)o1. The average molecular weight is 376 g/mol. The lowest BCUT2D eigenvalue weighted by Gasteiger charge is -2.35. The van der Waals surface area contributed by atoms with E-state index in [0.717, 1.165) is 17.5 Å². The first-order chi connectivity index (χ1) is 13.8. The van der Waals surface area contributed by atoms with E-state index in [9.17, 15) is 4.79 Å². The predicted octanol–water partition coefficient (Wildman–Crippen LogP) is 3.11. The molecule has 0 atom stereocenters. The Morgan fingerprint density at radius 1 is 0.929 bits per heavy atom. The molecule has 0 aliphatic carbocycles. The van der Waals surface area contributed by atoms with Crippen molar-refractivity contribution in [3.63, 3.8) is 0 Å². The van der Waals surface area contributed by atoms with Crippen molar-refractivity contribution in [1.82, 2.24) is 15.1 Å². The van der Waals surface area contributed by atoms with Crippen molar-refractivity contribution in [2.24, 2.45) is 0 Å². The topological polar surface area (TPSA) is 62.5 Å². The molecule has 0 spiro atoms. The monoisotopic (exact) mass is 376 g/mol. The Labute approximate surface area is 164 Å². The molecule has 2 aromatic carbocycles. The van der Waals surface area contributed by atoms with Gasteiger partial charge in [-0.15, -0.1) is 5.10 Å². The van der Waals surface area contributed by atoms with Crippen LogP contribution in [0, 0.1) is 0 Å². The molecule has 3 aromatic rings. The molecule has 144 valence electrons. The summed E-state index contributed by atoms with van der Waals surface area (Å²) in [5.41, 5.74) is 2.04. The number of piperazine rings is 1. The second kappa shape index (κ2) is 8.25. The summed E-state index contributed by atoms with van der Waals surface area (Å²) in [7, 11) is 0. The highest BCUT2D eigenvalue weighted by Gasteiger charge is 2.30. The molecule has 1 aliphatic heterocycles. The Morgan fingerprint density at radius 3 is 2.00 bits per heavy atom. The van der Waals surface area contributed by atoms with Crippen LogP contribution in [0.5, 0.6) is 0 Å². The fourth-order valence-electron chi connectivity index (χ4n) is 3.58. The quantitative estimate of drug-likeness (QED) is 0.685. The number of benzene rings is 2. The second-order valence-corrected chi connectivity index (χ2v) is 6.90. The molecule has 0 unspecified atom stereocenters. The lowest BCUT2D eigenvalue weighted by molar-refractivity contribution is -0.132. The summed E-state index contributed by atoms with van der Waals surface area (Å²) in [5.74, 6) is 0.489. The smallest absolute Gasteiger partial charge is 0.318 e. The summed E-state index contributed by atoms with van der Waals surface area (Å²) in [5, 5.41) is 8.15. The lowest BCUT2D eigenvalue weighted by atomic mass is 9.90. The highest BCUT2D eigenvalue weighted by atomic mass is 16.4. The van der Waals surface area contributed by atoms with E-state index in [4.69, 9.17) is 4.42 Å². The molecule has 0 saturated carbocycles. The highest BCUT2D eigenvalue weighted by molar-refractivity contribution is 5.87. The minimum Gasteiger partial charge on any atom is -0.408 e. The Balaban J connectivity index is 1.50. The summed E-state index contributed by atoms with van der Waals surface area (Å²) in [6.45, 7) is 4.64. The van der Waals surface area contributed by atoms with Crippen molar-refractivity contribution >= 4 is 11.9 Å². The fraction of sp³-hybridized carbons (Fsp3) is 0.318. The number of aryl methyl sites for hydroxylation is 1. The van der Waals surface area contributed by atoms with Crippen LogP contribution < -0.4 is 4.90 Å². The van der Waals surface area contributed by atoms with Crippen LogP contribution in [0.3, 0.4) is 0 Å². The first kappa shape index (κ1) is 18.2. The van der Waals surface area contributed by atoms with Gasteiger partial charge in [-0.3, -0.25) is 4.79 Å². The van der Waals surface area contributed by atoms with Crippen LogP contribution in [0.1, 0.15) is 29.9 Å². The van der Waals surface area contributed by atoms with Crippen LogP contribution >= 0.6 is 0 Å². The zero-order valence-electron chi connectivity index (χ0n) is 16.0. The van der Waals surface area contributed by atoms with Crippen molar-refractivity contribution in [3.05, 3.63) is 77.7 Å². The minimum absolute atomic E-state index is 0.136. The highest BCUT2D eigenvalue weighted by Crippen LogP contribution is 2.27. The Kier molecular flexibility index (Phi) is 5.37. The third-order valence-corrected chi connectivity index (χ3v) is 5.13. The van der Waals surface area contributed by atoms with E-state index >= 15 is 0 Å². The summed E-state index contributed by atoms with van der Waals surface area (Å²) >= 11 is 0. The molecule has 1 aliphatic rings. The van der Waals surface area contributed by atoms with Gasteiger partial charge in [0.05, 0.1) is 5.92 Å². The fourth-order valence-corrected chi connectivity index (χ4v) is 3.58. The van der Waals surface area contributed by atoms with Crippen molar-refractivity contribution in [3.8, 4) is 0 Å². The van der Waals surface area contributed by atoms with Crippen molar-refractivity contribution in [1.29, 1.82) is 0 Å². The molecule has 1 aromatic heterocycles. The van der Waals surface area contributed by atoms with Crippen LogP contribution in [0.25, 0.3) is 0 Å². The van der Waals surface area contributed by atoms with Crippen LogP contribution in [0.15, 0.2) is 65.1 Å². The Morgan fingerprint density at radius 2 is 1.50 bits per heavy atom. The number of amides is 1. The molecule has 0 N–H and O–H groups in total. The van der Waals surface area contributed by atoms with E-state index in [1.165, 1.54) is 0 Å². The average Bonchev–Trinajstić information content (AvgIpc) is 3.25. The van der Waals surface area contributed by atoms with Gasteiger partial charge in [0.1, 0.15) is 0 Å². The molecule has 1 amide bonds. The van der Waals surface area contributed by atoms with Gasteiger partial charge in [0, 0.05) is 32.6 Å². The number of carbonyl (C=O) groups excluding carboxylic acids is 1. The van der Waals surface area contributed by atoms with Gasteiger partial charge >= 0.3 is 6.01 Å². The third kappa shape index (κ3) is 3.76. The molecule has 4 rings (SSSR count). The molecule has 28 heavy (non-hydrogen) atoms. The summed E-state index contributed by atoms with van der Waals surface area (Å²) in [4.78, 5) is 17.4. The maximum atomic E-state index is 13.4. The van der Waals surface area contributed by atoms with Crippen LogP contribution in [0.4, 0.5) is 6.01 Å². The van der Waals surface area contributed by atoms with Crippen molar-refractivity contribution < 1.29 is 9.21 Å². The van der Waals surface area contributed by atoms with E-state index in [0.29, 0.717) is 38.1 Å². The van der Waals surface area contributed by atoms with Gasteiger partial charge in [-0.05, 0) is 11.1 Å². The first-order valence-corrected chi connectivity index (χ1v) is 9.72. The number of rotatable bonds is 5. The molecule has 0 bridgehead atoms. The minimum atomic E-state index is -0.288. The molecule has 1 fully saturated rings. The van der Waals surface area contributed by atoms with Crippen LogP contribution in [0.2, 0.25) is 0 Å². The standard InChI is InChI=1S/C22H24N4O2/c1-2-19-23-24-22(28-19)26-15-13-25(14-16-26)21(27)20(17-9-5-3-6-10-17)18-11-7-4-8-12-18/h3-12,20H,2,13-16H2,1H3. The van der Waals surface area contributed by atoms with Crippen molar-refractivity contribution in [2.45, 2.75) is 19.3 Å². The molecule has 2 heterocycles. The number of carbonyl (C=O) groups is 1. The molecule has 6 nitrogen and oxygen atoms in total. The maximum Gasteiger partial charge on any atom is 0.318 e. The van der Waals surface area contributed by atoms with E-state index < -0.39 is 0 Å². The molecular formula is C22H24N4O2. The summed E-state index contributed by atoms with van der Waals surface area (Å²) < 4.78 is 5.65. The number of nitrogens with zero attached hydrogens (tertiary/aromatic N) is 4. The Hall–Kier alpha value is -3.15. The summed E-state index contributed by atoms with van der Waals surface area (Å²) in [6, 6.07) is 20.5. The normalized spacial score (nSPS) is 14.5. The predicted molar refractivity (Wildman–Crippen MR) is 107 cm³/mol. The van der Waals surface area contributed by atoms with Crippen LogP contribution in [-0.2, 0) is 11.2 Å². The Bertz CT molecular complexity index is 863. The van der Waals surface area contributed by atoms with Crippen molar-refractivity contribution in [2.75, 3.05) is 31.1 Å².